The predicted octanol–water partition coefficient (Wildman–Crippen LogP) is 0.719. The molecule has 0 amide bonds. The van der Waals surface area contributed by atoms with Crippen molar-refractivity contribution in [2.45, 2.75) is 32.4 Å². The first-order chi connectivity index (χ1) is 10.2. The van der Waals surface area contributed by atoms with Gasteiger partial charge in [-0.05, 0) is 25.5 Å². The van der Waals surface area contributed by atoms with Crippen molar-refractivity contribution in [3.63, 3.8) is 0 Å². The van der Waals surface area contributed by atoms with Crippen LogP contribution in [0.25, 0.3) is 10.9 Å². The minimum atomic E-state index is 0.209. The summed E-state index contributed by atoms with van der Waals surface area (Å²) < 4.78 is 2.34. The van der Waals surface area contributed by atoms with Gasteiger partial charge in [0.2, 0.25) is 0 Å². The molecule has 2 aromatic rings. The van der Waals surface area contributed by atoms with Gasteiger partial charge in [-0.15, -0.1) is 0 Å². The average molecular weight is 280 g/mol. The molecule has 0 saturated carbocycles. The first-order valence-corrected chi connectivity index (χ1v) is 7.58. The van der Waals surface area contributed by atoms with Crippen LogP contribution in [0, 0.1) is 18.3 Å². The smallest absolute Gasteiger partial charge is 0.193 e. The van der Waals surface area contributed by atoms with E-state index in [1.54, 1.807) is 0 Å². The maximum atomic E-state index is 12.8. The minimum Gasteiger partial charge on any atom is -0.333 e. The number of hydrogen-bond acceptors (Lipinski definition) is 2. The molecule has 0 bridgehead atoms. The Bertz CT molecular complexity index is 844. The van der Waals surface area contributed by atoms with E-state index in [0.29, 0.717) is 12.6 Å². The monoisotopic (exact) mass is 280 g/mol. The molecule has 0 radical (unpaired) electrons. The highest BCUT2D eigenvalue weighted by molar-refractivity contribution is 5.81. The molecule has 4 heteroatoms. The summed E-state index contributed by atoms with van der Waals surface area (Å²) in [6.45, 7) is 4.43. The molecule has 1 unspecified atom stereocenters. The lowest BCUT2D eigenvalue weighted by molar-refractivity contribution is -0.929. The van der Waals surface area contributed by atoms with Gasteiger partial charge in [0.05, 0.1) is 24.3 Å². The number of nitrogens with zero attached hydrogens (tertiary/aromatic N) is 2. The van der Waals surface area contributed by atoms with Crippen molar-refractivity contribution < 1.29 is 4.90 Å². The van der Waals surface area contributed by atoms with Crippen molar-refractivity contribution in [3.8, 4) is 6.07 Å². The number of hydrogen-bond donors (Lipinski definition) is 1. The van der Waals surface area contributed by atoms with Gasteiger partial charge in [0.15, 0.2) is 12.0 Å². The molecule has 21 heavy (non-hydrogen) atoms. The zero-order valence-corrected chi connectivity index (χ0v) is 12.1. The molecule has 0 spiro atoms. The normalized spacial score (nSPS) is 23.0. The van der Waals surface area contributed by atoms with Crippen LogP contribution in [0.15, 0.2) is 23.0 Å². The third-order valence-electron chi connectivity index (χ3n) is 5.03. The second-order valence-corrected chi connectivity index (χ2v) is 6.20. The van der Waals surface area contributed by atoms with Gasteiger partial charge < -0.3 is 9.47 Å². The Morgan fingerprint density at radius 3 is 3.14 bits per heavy atom. The largest absolute Gasteiger partial charge is 0.333 e. The standard InChI is InChI=1S/C17H17N3O/c1-11-2-4-14-13(10-11)17(21)12-3-5-15-16(12)20(14)9-8-19(15)7-6-18/h2,4,10,15H,3,5,7-9H2,1H3/p+1/t15-/m0/s1. The Hall–Kier alpha value is -2.12. The molecule has 2 aliphatic rings. The summed E-state index contributed by atoms with van der Waals surface area (Å²) in [7, 11) is 0. The van der Waals surface area contributed by atoms with E-state index in [9.17, 15) is 4.79 Å². The number of fused-ring (bicyclic) bond motifs is 2. The van der Waals surface area contributed by atoms with Gasteiger partial charge in [-0.1, -0.05) is 11.6 Å². The van der Waals surface area contributed by atoms with Crippen LogP contribution in [-0.4, -0.2) is 17.7 Å². The van der Waals surface area contributed by atoms with E-state index in [1.807, 2.05) is 13.0 Å². The van der Waals surface area contributed by atoms with Crippen molar-refractivity contribution in [2.75, 3.05) is 13.1 Å². The van der Waals surface area contributed by atoms with Crippen LogP contribution >= 0.6 is 0 Å². The Balaban J connectivity index is 2.02. The molecule has 4 rings (SSSR count). The van der Waals surface area contributed by atoms with E-state index in [1.165, 1.54) is 10.6 Å². The van der Waals surface area contributed by atoms with Crippen LogP contribution in [0.1, 0.15) is 29.3 Å². The number of nitriles is 1. The summed E-state index contributed by atoms with van der Waals surface area (Å²) in [5, 5.41) is 9.87. The van der Waals surface area contributed by atoms with Crippen molar-refractivity contribution in [2.24, 2.45) is 0 Å². The fraction of sp³-hybridized carbons (Fsp3) is 0.412. The van der Waals surface area contributed by atoms with E-state index >= 15 is 0 Å². The maximum Gasteiger partial charge on any atom is 0.193 e. The highest BCUT2D eigenvalue weighted by Crippen LogP contribution is 2.31. The SMILES string of the molecule is Cc1ccc2c(c1)c(=O)c1c3n2CC[NH+](CC#N)[C@H]3CC1. The number of quaternary nitrogens is 1. The lowest BCUT2D eigenvalue weighted by Crippen LogP contribution is -3.13. The Labute approximate surface area is 123 Å². The number of pyridine rings is 1. The number of nitrogens with one attached hydrogen (secondary N) is 1. The molecule has 106 valence electrons. The van der Waals surface area contributed by atoms with E-state index in [-0.39, 0.29) is 5.43 Å². The van der Waals surface area contributed by atoms with Crippen molar-refractivity contribution in [1.29, 1.82) is 5.26 Å². The van der Waals surface area contributed by atoms with E-state index in [4.69, 9.17) is 5.26 Å². The van der Waals surface area contributed by atoms with Gasteiger partial charge in [0, 0.05) is 17.4 Å². The molecule has 1 aromatic carbocycles. The molecule has 0 fully saturated rings. The molecule has 1 aliphatic carbocycles. The topological polar surface area (TPSA) is 50.2 Å². The van der Waals surface area contributed by atoms with E-state index < -0.39 is 0 Å². The van der Waals surface area contributed by atoms with Crippen LogP contribution in [0.2, 0.25) is 0 Å². The zero-order valence-electron chi connectivity index (χ0n) is 12.1. The number of aromatic nitrogens is 1. The first-order valence-electron chi connectivity index (χ1n) is 7.58. The molecule has 2 atom stereocenters. The summed E-state index contributed by atoms with van der Waals surface area (Å²) in [5.41, 5.74) is 4.60. The van der Waals surface area contributed by atoms with Crippen LogP contribution in [-0.2, 0) is 13.0 Å². The van der Waals surface area contributed by atoms with Gasteiger partial charge in [0.1, 0.15) is 12.1 Å². The summed E-state index contributed by atoms with van der Waals surface area (Å²) in [4.78, 5) is 14.1. The molecule has 1 aliphatic heterocycles. The van der Waals surface area contributed by atoms with Gasteiger partial charge >= 0.3 is 0 Å². The highest BCUT2D eigenvalue weighted by Gasteiger charge is 2.39. The number of aryl methyl sites for hydroxylation is 1. The maximum absolute atomic E-state index is 12.8. The second-order valence-electron chi connectivity index (χ2n) is 6.20. The first kappa shape index (κ1) is 12.6. The Morgan fingerprint density at radius 1 is 1.48 bits per heavy atom. The van der Waals surface area contributed by atoms with Crippen LogP contribution in [0.3, 0.4) is 0 Å². The fourth-order valence-electron chi connectivity index (χ4n) is 4.09. The fourth-order valence-corrected chi connectivity index (χ4v) is 4.09. The predicted molar refractivity (Wildman–Crippen MR) is 80.3 cm³/mol. The average Bonchev–Trinajstić information content (AvgIpc) is 2.92. The quantitative estimate of drug-likeness (QED) is 0.783. The molecule has 1 aromatic heterocycles. The second kappa shape index (κ2) is 4.44. The summed E-state index contributed by atoms with van der Waals surface area (Å²) in [6.07, 6.45) is 1.86. The van der Waals surface area contributed by atoms with Crippen LogP contribution in [0.5, 0.6) is 0 Å². The molecular weight excluding hydrogens is 262 g/mol. The highest BCUT2D eigenvalue weighted by atomic mass is 16.1. The lowest BCUT2D eigenvalue weighted by atomic mass is 10.0. The molecule has 2 heterocycles. The summed E-state index contributed by atoms with van der Waals surface area (Å²) in [6, 6.07) is 8.79. The molecule has 0 saturated heterocycles. The molecular formula is C17H18N3O+. The Morgan fingerprint density at radius 2 is 2.33 bits per heavy atom. The zero-order chi connectivity index (χ0) is 14.6. The van der Waals surface area contributed by atoms with Crippen molar-refractivity contribution >= 4 is 10.9 Å². The minimum absolute atomic E-state index is 0.209. The molecule has 4 nitrogen and oxygen atoms in total. The number of rotatable bonds is 1. The van der Waals surface area contributed by atoms with E-state index in [2.05, 4.69) is 22.8 Å². The third kappa shape index (κ3) is 1.68. The van der Waals surface area contributed by atoms with Gasteiger partial charge in [-0.2, -0.15) is 5.26 Å². The van der Waals surface area contributed by atoms with Gasteiger partial charge in [-0.3, -0.25) is 4.79 Å². The van der Waals surface area contributed by atoms with Crippen molar-refractivity contribution in [1.82, 2.24) is 4.57 Å². The van der Waals surface area contributed by atoms with Gasteiger partial charge in [-0.25, -0.2) is 0 Å². The molecule has 1 N–H and O–H groups in total. The van der Waals surface area contributed by atoms with Crippen LogP contribution in [0.4, 0.5) is 0 Å². The van der Waals surface area contributed by atoms with Crippen molar-refractivity contribution in [3.05, 3.63) is 45.2 Å². The Kier molecular flexibility index (Phi) is 2.66. The number of benzene rings is 1. The lowest BCUT2D eigenvalue weighted by Gasteiger charge is -2.32. The van der Waals surface area contributed by atoms with Crippen LogP contribution < -0.4 is 10.3 Å². The summed E-state index contributed by atoms with van der Waals surface area (Å²) >= 11 is 0. The third-order valence-corrected chi connectivity index (χ3v) is 5.03. The van der Waals surface area contributed by atoms with E-state index in [0.717, 1.165) is 48.0 Å². The summed E-state index contributed by atoms with van der Waals surface area (Å²) in [5.74, 6) is 0. The van der Waals surface area contributed by atoms with Gasteiger partial charge in [0.25, 0.3) is 0 Å².